The van der Waals surface area contributed by atoms with E-state index in [-0.39, 0.29) is 0 Å². The van der Waals surface area contributed by atoms with E-state index in [1.54, 1.807) is 0 Å². The zero-order chi connectivity index (χ0) is 51.2. The second kappa shape index (κ2) is 16.1. The maximum Gasteiger partial charge on any atom is 0.168 e. The minimum Gasteiger partial charge on any atom is -0.308 e. The van der Waals surface area contributed by atoms with Gasteiger partial charge in [0.05, 0.1) is 83.9 Å². The average Bonchev–Trinajstić information content (AvgIpc) is 3.82. The zero-order valence-electron chi connectivity index (χ0n) is 41.7. The molecule has 8 nitrogen and oxygen atoms in total. The predicted molar refractivity (Wildman–Crippen MR) is 319 cm³/mol. The summed E-state index contributed by atoms with van der Waals surface area (Å²) < 4.78 is 9.98. The Hall–Kier alpha value is -10.9. The second-order valence-corrected chi connectivity index (χ2v) is 20.2. The van der Waals surface area contributed by atoms with Crippen LogP contribution in [-0.2, 0) is 0 Å². The molecule has 360 valence electrons. The first kappa shape index (κ1) is 42.5. The van der Waals surface area contributed by atoms with E-state index in [2.05, 4.69) is 224 Å². The smallest absolute Gasteiger partial charge is 0.168 e. The van der Waals surface area contributed by atoms with Gasteiger partial charge >= 0.3 is 0 Å². The van der Waals surface area contributed by atoms with Crippen molar-refractivity contribution >= 4 is 104 Å². The minimum atomic E-state index is 0.522. The van der Waals surface area contributed by atoms with E-state index >= 15 is 0 Å². The molecule has 0 aliphatic carbocycles. The van der Waals surface area contributed by atoms with Gasteiger partial charge in [0.1, 0.15) is 0 Å². The SMILES string of the molecule is N#Cc1ccc2c(c1)c1cccc3c4c(-n5c6ccccc6c6ccccc65)c(-c5nc(-c6ccccc6)nc(-c6ccccc6)n5)c(-n5c6ccccc6c6ccccc65)c(-n5c6ccccc6c6ccccc65)c4n2c13. The molecule has 8 heteroatoms. The summed E-state index contributed by atoms with van der Waals surface area (Å²) in [6, 6.07) is 88.5. The summed E-state index contributed by atoms with van der Waals surface area (Å²) in [7, 11) is 0. The molecule has 0 N–H and O–H groups in total. The van der Waals surface area contributed by atoms with Crippen molar-refractivity contribution in [1.82, 2.24) is 33.1 Å². The molecule has 0 saturated carbocycles. The third-order valence-electron chi connectivity index (χ3n) is 16.1. The van der Waals surface area contributed by atoms with Crippen molar-refractivity contribution in [1.29, 1.82) is 5.26 Å². The topological polar surface area (TPSA) is 81.7 Å². The lowest BCUT2D eigenvalue weighted by atomic mass is 9.97. The standard InChI is InChI=1S/C70H40N8/c71-41-42-38-39-60-53(40-42)51-30-19-31-52-61-64(75-54-32-13-7-24-45(54)46-25-8-14-33-55(46)75)62(70-73-68(43-20-3-1-4-21-43)72-69(74-70)44-22-5-2-6-23-44)66(76-56-34-15-9-26-47(56)48-27-10-16-35-57(48)76)67(65(61)78(60)63(51)52)77-58-36-17-11-28-49(58)50-29-12-18-37-59(50)77/h1-40H. The summed E-state index contributed by atoms with van der Waals surface area (Å²) in [5.41, 5.74) is 15.3. The van der Waals surface area contributed by atoms with Crippen LogP contribution in [0.15, 0.2) is 243 Å². The fraction of sp³-hybridized carbons (Fsp3) is 0. The molecule has 0 atom stereocenters. The highest BCUT2D eigenvalue weighted by molar-refractivity contribution is 6.30. The van der Waals surface area contributed by atoms with Gasteiger partial charge in [0.15, 0.2) is 17.5 Å². The number of nitriles is 1. The van der Waals surface area contributed by atoms with E-state index in [0.29, 0.717) is 23.0 Å². The fourth-order valence-electron chi connectivity index (χ4n) is 13.0. The van der Waals surface area contributed by atoms with Crippen LogP contribution in [0.1, 0.15) is 5.56 Å². The van der Waals surface area contributed by atoms with Crippen molar-refractivity contribution in [3.63, 3.8) is 0 Å². The van der Waals surface area contributed by atoms with Crippen molar-refractivity contribution in [2.45, 2.75) is 0 Å². The molecule has 0 spiro atoms. The highest BCUT2D eigenvalue weighted by atomic mass is 15.1. The Morgan fingerprint density at radius 2 is 0.679 bits per heavy atom. The Balaban J connectivity index is 1.25. The lowest BCUT2D eigenvalue weighted by Gasteiger charge is -2.26. The molecule has 11 aromatic carbocycles. The third-order valence-corrected chi connectivity index (χ3v) is 16.1. The summed E-state index contributed by atoms with van der Waals surface area (Å²) in [6.07, 6.45) is 0. The number of benzene rings is 11. The first-order valence-corrected chi connectivity index (χ1v) is 26.3. The van der Waals surface area contributed by atoms with E-state index in [1.165, 1.54) is 0 Å². The molecule has 6 heterocycles. The van der Waals surface area contributed by atoms with Gasteiger partial charge in [-0.3, -0.25) is 0 Å². The molecule has 0 aliphatic heterocycles. The quantitative estimate of drug-likeness (QED) is 0.166. The van der Waals surface area contributed by atoms with Crippen LogP contribution in [0, 0.1) is 11.3 Å². The molecule has 0 saturated heterocycles. The van der Waals surface area contributed by atoms with Crippen LogP contribution in [0.3, 0.4) is 0 Å². The van der Waals surface area contributed by atoms with Crippen LogP contribution in [0.2, 0.25) is 0 Å². The Kier molecular flexibility index (Phi) is 8.75. The molecule has 0 aliphatic rings. The highest BCUT2D eigenvalue weighted by Gasteiger charge is 2.35. The molecule has 78 heavy (non-hydrogen) atoms. The Bertz CT molecular complexity index is 5180. The van der Waals surface area contributed by atoms with Crippen molar-refractivity contribution in [3.05, 3.63) is 248 Å². The number of rotatable bonds is 6. The number of hydrogen-bond donors (Lipinski definition) is 0. The highest BCUT2D eigenvalue weighted by Crippen LogP contribution is 2.54. The van der Waals surface area contributed by atoms with Crippen LogP contribution in [0.5, 0.6) is 0 Å². The number of nitrogens with zero attached hydrogens (tertiary/aromatic N) is 8. The molecular weight excluding hydrogens is 953 g/mol. The second-order valence-electron chi connectivity index (χ2n) is 20.2. The lowest BCUT2D eigenvalue weighted by Crippen LogP contribution is -2.13. The lowest BCUT2D eigenvalue weighted by molar-refractivity contribution is 1.04. The Morgan fingerprint density at radius 3 is 1.14 bits per heavy atom. The van der Waals surface area contributed by atoms with E-state index in [4.69, 9.17) is 15.0 Å². The largest absolute Gasteiger partial charge is 0.308 e. The summed E-state index contributed by atoms with van der Waals surface area (Å²) in [4.78, 5) is 16.9. The molecule has 0 radical (unpaired) electrons. The van der Waals surface area contributed by atoms with Gasteiger partial charge < -0.3 is 18.1 Å². The number of para-hydroxylation sites is 7. The predicted octanol–water partition coefficient (Wildman–Crippen LogP) is 17.2. The molecule has 17 aromatic rings. The van der Waals surface area contributed by atoms with Crippen molar-refractivity contribution < 1.29 is 0 Å². The van der Waals surface area contributed by atoms with Crippen molar-refractivity contribution in [2.24, 2.45) is 0 Å². The molecular formula is C70H40N8. The zero-order valence-corrected chi connectivity index (χ0v) is 41.7. The van der Waals surface area contributed by atoms with Crippen LogP contribution in [0.25, 0.3) is 155 Å². The first-order valence-electron chi connectivity index (χ1n) is 26.3. The van der Waals surface area contributed by atoms with Gasteiger partial charge in [-0.2, -0.15) is 5.26 Å². The van der Waals surface area contributed by atoms with Gasteiger partial charge in [-0.1, -0.05) is 188 Å². The fourth-order valence-corrected chi connectivity index (χ4v) is 13.0. The maximum absolute atomic E-state index is 10.4. The van der Waals surface area contributed by atoms with Gasteiger partial charge in [-0.25, -0.2) is 15.0 Å². The summed E-state index contributed by atoms with van der Waals surface area (Å²) in [5.74, 6) is 1.65. The van der Waals surface area contributed by atoms with Gasteiger partial charge in [0.2, 0.25) is 0 Å². The Labute approximate surface area is 445 Å². The third kappa shape index (κ3) is 5.73. The van der Waals surface area contributed by atoms with Gasteiger partial charge in [-0.15, -0.1) is 0 Å². The number of hydrogen-bond acceptors (Lipinski definition) is 4. The van der Waals surface area contributed by atoms with Crippen LogP contribution >= 0.6 is 0 Å². The molecule has 6 aromatic heterocycles. The van der Waals surface area contributed by atoms with Crippen molar-refractivity contribution in [2.75, 3.05) is 0 Å². The van der Waals surface area contributed by atoms with E-state index in [1.807, 2.05) is 42.5 Å². The van der Waals surface area contributed by atoms with Crippen LogP contribution < -0.4 is 0 Å². The first-order chi connectivity index (χ1) is 38.7. The van der Waals surface area contributed by atoms with E-state index in [0.717, 1.165) is 137 Å². The van der Waals surface area contributed by atoms with E-state index < -0.39 is 0 Å². The summed E-state index contributed by atoms with van der Waals surface area (Å²) in [5, 5.41) is 21.4. The maximum atomic E-state index is 10.4. The normalized spacial score (nSPS) is 12.1. The summed E-state index contributed by atoms with van der Waals surface area (Å²) in [6.45, 7) is 0. The summed E-state index contributed by atoms with van der Waals surface area (Å²) >= 11 is 0. The van der Waals surface area contributed by atoms with Gasteiger partial charge in [0.25, 0.3) is 0 Å². The molecule has 0 bridgehead atoms. The Morgan fingerprint density at radius 1 is 0.295 bits per heavy atom. The monoisotopic (exact) mass is 992 g/mol. The molecule has 0 fully saturated rings. The minimum absolute atomic E-state index is 0.522. The van der Waals surface area contributed by atoms with Crippen molar-refractivity contribution in [3.8, 4) is 57.3 Å². The van der Waals surface area contributed by atoms with Crippen LogP contribution in [-0.4, -0.2) is 33.1 Å². The average molecular weight is 993 g/mol. The molecule has 0 amide bonds. The number of aromatic nitrogens is 7. The molecule has 0 unspecified atom stereocenters. The van der Waals surface area contributed by atoms with Gasteiger partial charge in [0, 0.05) is 65.0 Å². The van der Waals surface area contributed by atoms with Gasteiger partial charge in [-0.05, 0) is 54.6 Å². The van der Waals surface area contributed by atoms with E-state index in [9.17, 15) is 5.26 Å². The van der Waals surface area contributed by atoms with Crippen LogP contribution in [0.4, 0.5) is 0 Å². The molecule has 17 rings (SSSR count). The number of fused-ring (bicyclic) bond motifs is 15.